The zero-order chi connectivity index (χ0) is 30.6. The van der Waals surface area contributed by atoms with E-state index in [2.05, 4.69) is 10.5 Å². The first kappa shape index (κ1) is 27.7. The molecule has 2 bridgehead atoms. The number of imide groups is 1. The number of nitrogens with zero attached hydrogens (tertiary/aromatic N) is 3. The van der Waals surface area contributed by atoms with Crippen molar-refractivity contribution in [3.8, 4) is 0 Å². The summed E-state index contributed by atoms with van der Waals surface area (Å²) in [5.41, 5.74) is 5.24. The van der Waals surface area contributed by atoms with Crippen molar-refractivity contribution in [1.29, 1.82) is 0 Å². The van der Waals surface area contributed by atoms with Crippen LogP contribution in [0.5, 0.6) is 0 Å². The van der Waals surface area contributed by atoms with Crippen LogP contribution in [-0.2, 0) is 26.2 Å². The molecule has 0 aromatic heterocycles. The topological polar surface area (TPSA) is 122 Å². The molecule has 0 saturated carbocycles. The van der Waals surface area contributed by atoms with E-state index in [1.54, 1.807) is 6.21 Å². The number of aryl methyl sites for hydroxylation is 1. The number of anilines is 1. The van der Waals surface area contributed by atoms with E-state index in [1.165, 1.54) is 12.1 Å². The van der Waals surface area contributed by atoms with Gasteiger partial charge in [0.05, 0.1) is 22.2 Å². The number of nitrogens with one attached hydrogen (secondary N) is 1. The van der Waals surface area contributed by atoms with E-state index in [1.807, 2.05) is 78.9 Å². The summed E-state index contributed by atoms with van der Waals surface area (Å²) in [6, 6.07) is 28.8. The molecule has 3 amide bonds. The zero-order valence-electron chi connectivity index (χ0n) is 23.2. The molecular weight excluding hydrogens is 580 g/mol. The lowest BCUT2D eigenvalue weighted by Crippen LogP contribution is -2.54. The van der Waals surface area contributed by atoms with Crippen LogP contribution in [0.3, 0.4) is 0 Å². The van der Waals surface area contributed by atoms with E-state index in [4.69, 9.17) is 11.6 Å². The molecule has 44 heavy (non-hydrogen) atoms. The second kappa shape index (κ2) is 10.5. The van der Waals surface area contributed by atoms with E-state index in [0.717, 1.165) is 38.8 Å². The first-order valence-electron chi connectivity index (χ1n) is 14.2. The summed E-state index contributed by atoms with van der Waals surface area (Å²) in [6.45, 7) is 0. The molecule has 0 spiro atoms. The number of carbonyl (C=O) groups is 3. The number of hydrogen-bond acceptors (Lipinski definition) is 6. The Morgan fingerprint density at radius 3 is 2.23 bits per heavy atom. The van der Waals surface area contributed by atoms with Crippen LogP contribution >= 0.6 is 11.6 Å². The Kier molecular flexibility index (Phi) is 6.62. The van der Waals surface area contributed by atoms with Crippen LogP contribution in [0.4, 0.5) is 11.4 Å². The van der Waals surface area contributed by atoms with Gasteiger partial charge in [-0.3, -0.25) is 24.5 Å². The maximum Gasteiger partial charge on any atom is 0.294 e. The van der Waals surface area contributed by atoms with Gasteiger partial charge < -0.3 is 0 Å². The van der Waals surface area contributed by atoms with Gasteiger partial charge >= 0.3 is 0 Å². The zero-order valence-corrected chi connectivity index (χ0v) is 24.0. The third-order valence-electron chi connectivity index (χ3n) is 9.00. The van der Waals surface area contributed by atoms with E-state index in [0.29, 0.717) is 6.42 Å². The van der Waals surface area contributed by atoms with Crippen LogP contribution < -0.4 is 10.3 Å². The fourth-order valence-electron chi connectivity index (χ4n) is 7.28. The smallest absolute Gasteiger partial charge is 0.274 e. The molecule has 10 heteroatoms. The summed E-state index contributed by atoms with van der Waals surface area (Å²) >= 11 is 6.06. The van der Waals surface area contributed by atoms with Crippen molar-refractivity contribution in [1.82, 2.24) is 5.43 Å². The average molecular weight is 605 g/mol. The molecule has 8 rings (SSSR count). The second-order valence-corrected chi connectivity index (χ2v) is 11.6. The molecule has 1 aliphatic heterocycles. The van der Waals surface area contributed by atoms with Gasteiger partial charge in [-0.2, -0.15) is 5.10 Å². The summed E-state index contributed by atoms with van der Waals surface area (Å²) in [5, 5.41) is 16.5. The number of rotatable bonds is 7. The summed E-state index contributed by atoms with van der Waals surface area (Å²) in [7, 11) is 0. The molecule has 218 valence electrons. The van der Waals surface area contributed by atoms with Crippen LogP contribution in [0, 0.1) is 22.0 Å². The molecule has 2 atom stereocenters. The normalized spacial score (nSPS) is 22.9. The first-order valence-corrected chi connectivity index (χ1v) is 14.6. The number of carbonyl (C=O) groups excluding carboxylic acids is 3. The van der Waals surface area contributed by atoms with Gasteiger partial charge in [0, 0.05) is 29.6 Å². The molecule has 0 radical (unpaired) electrons. The Morgan fingerprint density at radius 1 is 0.932 bits per heavy atom. The standard InChI is InChI=1S/C34H25ClN4O5/c35-21-15-16-26(27(18-21)39(43)44)38-32(41)30-29-22-10-4-6-12-24(22)34(31(30)33(38)42,25-13-7-5-11-23(25)29)19-36-37-28(40)17-14-20-8-2-1-3-9-20/h1-13,15-16,18-19,29-31H,14,17H2,(H,37,40)/b36-19-/t29?,30-,31-,34?/m0/s1. The Hall–Kier alpha value is -5.15. The molecule has 4 aliphatic rings. The molecule has 1 N–H and O–H groups in total. The van der Waals surface area contributed by atoms with Crippen molar-refractivity contribution >= 4 is 46.9 Å². The molecule has 9 nitrogen and oxygen atoms in total. The van der Waals surface area contributed by atoms with Gasteiger partial charge in [-0.25, -0.2) is 10.3 Å². The molecule has 3 aliphatic carbocycles. The third-order valence-corrected chi connectivity index (χ3v) is 9.23. The highest BCUT2D eigenvalue weighted by atomic mass is 35.5. The minimum atomic E-state index is -1.22. The predicted molar refractivity (Wildman–Crippen MR) is 164 cm³/mol. The van der Waals surface area contributed by atoms with Gasteiger partial charge in [-0.15, -0.1) is 0 Å². The maximum absolute atomic E-state index is 14.5. The van der Waals surface area contributed by atoms with Gasteiger partial charge in [0.1, 0.15) is 5.69 Å². The van der Waals surface area contributed by atoms with Crippen molar-refractivity contribution in [3.05, 3.63) is 140 Å². The van der Waals surface area contributed by atoms with Crippen LogP contribution in [0.1, 0.15) is 40.2 Å². The van der Waals surface area contributed by atoms with Crippen molar-refractivity contribution in [3.63, 3.8) is 0 Å². The highest BCUT2D eigenvalue weighted by molar-refractivity contribution is 6.31. The summed E-state index contributed by atoms with van der Waals surface area (Å²) < 4.78 is 0. The number of hydrogen-bond donors (Lipinski definition) is 1. The lowest BCUT2D eigenvalue weighted by molar-refractivity contribution is -0.384. The monoisotopic (exact) mass is 604 g/mol. The lowest BCUT2D eigenvalue weighted by Gasteiger charge is -2.52. The van der Waals surface area contributed by atoms with Crippen molar-refractivity contribution in [2.24, 2.45) is 16.9 Å². The molecule has 1 fully saturated rings. The number of hydrazone groups is 1. The highest BCUT2D eigenvalue weighted by Crippen LogP contribution is 2.64. The number of nitro groups is 1. The number of halogens is 1. The van der Waals surface area contributed by atoms with Crippen LogP contribution in [0.15, 0.2) is 102 Å². The van der Waals surface area contributed by atoms with E-state index in [9.17, 15) is 24.5 Å². The van der Waals surface area contributed by atoms with Crippen molar-refractivity contribution in [2.75, 3.05) is 4.90 Å². The van der Waals surface area contributed by atoms with Crippen molar-refractivity contribution in [2.45, 2.75) is 24.2 Å². The van der Waals surface area contributed by atoms with E-state index < -0.39 is 45.6 Å². The Bertz CT molecular complexity index is 1840. The highest BCUT2D eigenvalue weighted by Gasteiger charge is 2.68. The molecule has 1 heterocycles. The minimum Gasteiger partial charge on any atom is -0.274 e. The van der Waals surface area contributed by atoms with E-state index in [-0.39, 0.29) is 23.0 Å². The van der Waals surface area contributed by atoms with E-state index >= 15 is 0 Å². The lowest BCUT2D eigenvalue weighted by atomic mass is 9.47. The Morgan fingerprint density at radius 2 is 1.57 bits per heavy atom. The van der Waals surface area contributed by atoms with Crippen LogP contribution in [0.25, 0.3) is 0 Å². The molecule has 4 aromatic rings. The van der Waals surface area contributed by atoms with Crippen molar-refractivity contribution < 1.29 is 19.3 Å². The van der Waals surface area contributed by atoms with Gasteiger partial charge in [0.25, 0.3) is 5.69 Å². The van der Waals surface area contributed by atoms with Gasteiger partial charge in [-0.05, 0) is 46.4 Å². The quantitative estimate of drug-likeness (QED) is 0.129. The molecule has 1 saturated heterocycles. The number of amides is 3. The average Bonchev–Trinajstić information content (AvgIpc) is 3.31. The summed E-state index contributed by atoms with van der Waals surface area (Å²) in [5.74, 6) is -3.63. The van der Waals surface area contributed by atoms with Gasteiger partial charge in [0.15, 0.2) is 0 Å². The van der Waals surface area contributed by atoms with Gasteiger partial charge in [-0.1, -0.05) is 90.5 Å². The number of benzene rings is 4. The van der Waals surface area contributed by atoms with Gasteiger partial charge in [0.2, 0.25) is 17.7 Å². The molecule has 0 unspecified atom stereocenters. The Balaban J connectivity index is 1.34. The third kappa shape index (κ3) is 4.07. The van der Waals surface area contributed by atoms with Crippen LogP contribution in [-0.4, -0.2) is 28.9 Å². The predicted octanol–water partition coefficient (Wildman–Crippen LogP) is 5.53. The number of nitro benzene ring substituents is 1. The SMILES string of the molecule is O=C(CCc1ccccc1)N/N=C\C12c3ccccc3C(c3ccccc31)[C@@H]1C(=O)N(c3ccc(Cl)cc3[N+](=O)[O-])C(=O)[C@H]12. The summed E-state index contributed by atoms with van der Waals surface area (Å²) in [6.07, 6.45) is 2.32. The Labute approximate surface area is 257 Å². The van der Waals surface area contributed by atoms with Crippen LogP contribution in [0.2, 0.25) is 5.02 Å². The molecule has 4 aromatic carbocycles. The fraction of sp³-hybridized carbons (Fsp3) is 0.176. The fourth-order valence-corrected chi connectivity index (χ4v) is 7.45. The largest absolute Gasteiger partial charge is 0.294 e. The summed E-state index contributed by atoms with van der Waals surface area (Å²) in [4.78, 5) is 53.9. The molecular formula is C34H25ClN4O5. The second-order valence-electron chi connectivity index (χ2n) is 11.2. The minimum absolute atomic E-state index is 0.114. The maximum atomic E-state index is 14.5. The first-order chi connectivity index (χ1) is 21.3.